The molecule has 8 heteroatoms. The summed E-state index contributed by atoms with van der Waals surface area (Å²) in [5.74, 6) is -2.05. The van der Waals surface area contributed by atoms with E-state index in [0.717, 1.165) is 18.4 Å². The van der Waals surface area contributed by atoms with Gasteiger partial charge in [0.15, 0.2) is 18.0 Å². The molecule has 0 bridgehead atoms. The number of ketones is 2. The van der Waals surface area contributed by atoms with Gasteiger partial charge in [-0.1, -0.05) is 25.5 Å². The van der Waals surface area contributed by atoms with Gasteiger partial charge >= 0.3 is 17.9 Å². The molecule has 4 rings (SSSR count). The van der Waals surface area contributed by atoms with E-state index in [1.165, 1.54) is 20.8 Å². The Labute approximate surface area is 205 Å². The molecule has 4 aliphatic rings. The average molecular weight is 487 g/mol. The van der Waals surface area contributed by atoms with Crippen molar-refractivity contribution in [1.29, 1.82) is 0 Å². The first-order chi connectivity index (χ1) is 16.3. The van der Waals surface area contributed by atoms with E-state index >= 15 is 0 Å². The molecule has 0 aliphatic heterocycles. The van der Waals surface area contributed by atoms with Crippen LogP contribution in [0.25, 0.3) is 0 Å². The van der Waals surface area contributed by atoms with Gasteiger partial charge in [0.2, 0.25) is 5.78 Å². The molecular formula is C27H34O8. The Bertz CT molecular complexity index is 1040. The molecule has 0 spiro atoms. The number of hydrogen-bond acceptors (Lipinski definition) is 8. The molecule has 4 aliphatic carbocycles. The third-order valence-corrected chi connectivity index (χ3v) is 9.09. The smallest absolute Gasteiger partial charge is 0.303 e. The summed E-state index contributed by atoms with van der Waals surface area (Å²) in [5, 5.41) is 0. The Hall–Kier alpha value is -2.77. The van der Waals surface area contributed by atoms with Crippen molar-refractivity contribution in [2.24, 2.45) is 28.6 Å². The van der Waals surface area contributed by atoms with Crippen LogP contribution in [0.3, 0.4) is 0 Å². The zero-order valence-electron chi connectivity index (χ0n) is 21.1. The Morgan fingerprint density at radius 3 is 2.37 bits per heavy atom. The number of Topliss-reactive ketones (excluding diaryl/α,β-unsaturated/α-hetero) is 1. The summed E-state index contributed by atoms with van der Waals surface area (Å²) in [6.07, 6.45) is 7.50. The van der Waals surface area contributed by atoms with E-state index in [1.807, 2.05) is 13.0 Å². The Balaban J connectivity index is 1.80. The third-order valence-electron chi connectivity index (χ3n) is 9.09. The van der Waals surface area contributed by atoms with Crippen LogP contribution < -0.4 is 0 Å². The van der Waals surface area contributed by atoms with Gasteiger partial charge in [-0.3, -0.25) is 24.0 Å². The van der Waals surface area contributed by atoms with Gasteiger partial charge < -0.3 is 14.2 Å². The largest absolute Gasteiger partial charge is 0.462 e. The molecule has 190 valence electrons. The van der Waals surface area contributed by atoms with Gasteiger partial charge in [0.05, 0.1) is 0 Å². The molecule has 0 unspecified atom stereocenters. The van der Waals surface area contributed by atoms with Gasteiger partial charge in [0.25, 0.3) is 0 Å². The number of rotatable bonds is 5. The number of carbonyl (C=O) groups is 5. The molecule has 3 saturated carbocycles. The normalized spacial score (nSPS) is 39.5. The average Bonchev–Trinajstić information content (AvgIpc) is 3.04. The SMILES string of the molecule is CC(=O)OCC(=O)[C@@]1(OC(C)=O)CC[C@@H]2[C@@H]3CCC4=CC(=O)C=C[C@]4(C)[C@H]3[C@H](OC(C)=O)C[C@@]21C. The van der Waals surface area contributed by atoms with Crippen molar-refractivity contribution in [2.75, 3.05) is 6.61 Å². The fourth-order valence-electron chi connectivity index (χ4n) is 7.81. The van der Waals surface area contributed by atoms with Gasteiger partial charge in [-0.05, 0) is 56.1 Å². The summed E-state index contributed by atoms with van der Waals surface area (Å²) in [5.41, 5.74) is -1.70. The monoisotopic (exact) mass is 486 g/mol. The molecule has 0 saturated heterocycles. The first-order valence-corrected chi connectivity index (χ1v) is 12.3. The molecule has 35 heavy (non-hydrogen) atoms. The maximum atomic E-state index is 13.6. The number of carbonyl (C=O) groups excluding carboxylic acids is 5. The van der Waals surface area contributed by atoms with Gasteiger partial charge in [-0.2, -0.15) is 0 Å². The fraction of sp³-hybridized carbons (Fsp3) is 0.667. The van der Waals surface area contributed by atoms with Crippen LogP contribution in [0.2, 0.25) is 0 Å². The number of esters is 3. The Morgan fingerprint density at radius 2 is 1.74 bits per heavy atom. The van der Waals surface area contributed by atoms with Gasteiger partial charge in [-0.15, -0.1) is 0 Å². The highest BCUT2D eigenvalue weighted by Gasteiger charge is 2.71. The summed E-state index contributed by atoms with van der Waals surface area (Å²) < 4.78 is 16.8. The minimum atomic E-state index is -1.47. The van der Waals surface area contributed by atoms with Crippen molar-refractivity contribution in [3.05, 3.63) is 23.8 Å². The predicted octanol–water partition coefficient (Wildman–Crippen LogP) is 3.27. The topological polar surface area (TPSA) is 113 Å². The van der Waals surface area contributed by atoms with E-state index < -0.39 is 52.8 Å². The molecule has 0 heterocycles. The van der Waals surface area contributed by atoms with Crippen LogP contribution in [-0.2, 0) is 38.2 Å². The molecule has 0 amide bonds. The highest BCUT2D eigenvalue weighted by atomic mass is 16.6. The maximum Gasteiger partial charge on any atom is 0.303 e. The molecule has 3 fully saturated rings. The highest BCUT2D eigenvalue weighted by Crippen LogP contribution is 2.68. The van der Waals surface area contributed by atoms with Crippen LogP contribution >= 0.6 is 0 Å². The minimum Gasteiger partial charge on any atom is -0.462 e. The Kier molecular flexibility index (Phi) is 6.31. The second kappa shape index (κ2) is 8.71. The summed E-state index contributed by atoms with van der Waals surface area (Å²) in [6, 6.07) is 0. The van der Waals surface area contributed by atoms with Crippen LogP contribution in [0.4, 0.5) is 0 Å². The van der Waals surface area contributed by atoms with Gasteiger partial charge in [0.1, 0.15) is 6.10 Å². The molecule has 0 aromatic rings. The molecule has 0 aromatic carbocycles. The van der Waals surface area contributed by atoms with Crippen LogP contribution in [-0.4, -0.2) is 47.8 Å². The predicted molar refractivity (Wildman–Crippen MR) is 124 cm³/mol. The van der Waals surface area contributed by atoms with Crippen molar-refractivity contribution in [2.45, 2.75) is 78.4 Å². The lowest BCUT2D eigenvalue weighted by molar-refractivity contribution is -0.205. The highest BCUT2D eigenvalue weighted by molar-refractivity contribution is 6.01. The summed E-state index contributed by atoms with van der Waals surface area (Å²) in [4.78, 5) is 61.6. The van der Waals surface area contributed by atoms with E-state index in [0.29, 0.717) is 19.3 Å². The van der Waals surface area contributed by atoms with E-state index in [2.05, 4.69) is 6.92 Å². The van der Waals surface area contributed by atoms with Crippen molar-refractivity contribution in [3.63, 3.8) is 0 Å². The first-order valence-electron chi connectivity index (χ1n) is 12.3. The third kappa shape index (κ3) is 3.95. The zero-order chi connectivity index (χ0) is 25.8. The van der Waals surface area contributed by atoms with Crippen LogP contribution in [0, 0.1) is 28.6 Å². The first kappa shape index (κ1) is 25.3. The molecule has 0 N–H and O–H groups in total. The van der Waals surface area contributed by atoms with E-state index in [4.69, 9.17) is 14.2 Å². The summed E-state index contributed by atoms with van der Waals surface area (Å²) >= 11 is 0. The van der Waals surface area contributed by atoms with Crippen LogP contribution in [0.5, 0.6) is 0 Å². The quantitative estimate of drug-likeness (QED) is 0.430. The number of allylic oxidation sites excluding steroid dienone is 4. The van der Waals surface area contributed by atoms with Gasteiger partial charge in [0, 0.05) is 37.5 Å². The second-order valence-corrected chi connectivity index (χ2v) is 11.0. The molecule has 8 nitrogen and oxygen atoms in total. The Morgan fingerprint density at radius 1 is 1.03 bits per heavy atom. The zero-order valence-corrected chi connectivity index (χ0v) is 21.1. The van der Waals surface area contributed by atoms with Crippen molar-refractivity contribution in [1.82, 2.24) is 0 Å². The second-order valence-electron chi connectivity index (χ2n) is 11.0. The van der Waals surface area contributed by atoms with E-state index in [-0.39, 0.29) is 23.5 Å². The van der Waals surface area contributed by atoms with E-state index in [9.17, 15) is 24.0 Å². The summed E-state index contributed by atoms with van der Waals surface area (Å²) in [7, 11) is 0. The molecular weight excluding hydrogens is 452 g/mol. The minimum absolute atomic E-state index is 0.0179. The lowest BCUT2D eigenvalue weighted by Gasteiger charge is -2.60. The standard InChI is InChI=1S/C27H34O8/c1-15(28)33-14-23(32)27(35-17(3)30)11-9-21-20-7-6-18-12-19(31)8-10-25(18,4)24(20)22(34-16(2)29)13-26(21,27)5/h8,10,12,20-22,24H,6-7,9,11,13-14H2,1-5H3/t20-,21+,22+,24+,25-,26-,27-/m0/s1. The van der Waals surface area contributed by atoms with Crippen molar-refractivity contribution < 1.29 is 38.2 Å². The molecule has 0 aromatic heterocycles. The number of ether oxygens (including phenoxy) is 3. The molecule has 7 atom stereocenters. The molecule has 0 radical (unpaired) electrons. The number of hydrogen-bond donors (Lipinski definition) is 0. The lowest BCUT2D eigenvalue weighted by atomic mass is 9.46. The maximum absolute atomic E-state index is 13.6. The fourth-order valence-corrected chi connectivity index (χ4v) is 7.81. The number of fused-ring (bicyclic) bond motifs is 5. The van der Waals surface area contributed by atoms with Crippen LogP contribution in [0.1, 0.15) is 66.7 Å². The van der Waals surface area contributed by atoms with Gasteiger partial charge in [-0.25, -0.2) is 0 Å². The van der Waals surface area contributed by atoms with Crippen molar-refractivity contribution >= 4 is 29.5 Å². The van der Waals surface area contributed by atoms with E-state index in [1.54, 1.807) is 12.2 Å². The van der Waals surface area contributed by atoms with Crippen LogP contribution in [0.15, 0.2) is 23.8 Å². The van der Waals surface area contributed by atoms with Crippen molar-refractivity contribution in [3.8, 4) is 0 Å². The summed E-state index contributed by atoms with van der Waals surface area (Å²) in [6.45, 7) is 7.42. The lowest BCUT2D eigenvalue weighted by Crippen LogP contribution is -2.63.